The number of benzene rings is 3. The number of nitrogens with one attached hydrogen (secondary N) is 1. The predicted molar refractivity (Wildman–Crippen MR) is 146 cm³/mol. The number of carbonyl (C=O) groups is 1. The second-order valence-electron chi connectivity index (χ2n) is 10.0. The molecule has 0 spiro atoms. The number of para-hydroxylation sites is 1. The molecule has 2 N–H and O–H groups in total. The minimum Gasteiger partial charge on any atom is -0.508 e. The first-order valence-corrected chi connectivity index (χ1v) is 13.0. The summed E-state index contributed by atoms with van der Waals surface area (Å²) in [4.78, 5) is 16.4. The Morgan fingerprint density at radius 2 is 1.50 bits per heavy atom. The van der Waals surface area contributed by atoms with E-state index in [1.54, 1.807) is 12.1 Å². The molecule has 5 heteroatoms. The molecule has 0 bridgehead atoms. The number of aromatic hydroxyl groups is 1. The predicted octanol–water partition coefficient (Wildman–Crippen LogP) is 5.76. The lowest BCUT2D eigenvalue weighted by molar-refractivity contribution is 0.0932. The number of rotatable bonds is 8. The number of nitrogens with zero attached hydrogens (tertiary/aromatic N) is 2. The Morgan fingerprint density at radius 3 is 2.19 bits per heavy atom. The van der Waals surface area contributed by atoms with E-state index in [0.717, 1.165) is 59.5 Å². The number of hydrogen-bond donors (Lipinski definition) is 2. The second kappa shape index (κ2) is 10.6. The average Bonchev–Trinajstić information content (AvgIpc) is 3.51. The highest BCUT2D eigenvalue weighted by Crippen LogP contribution is 2.40. The number of phenolic OH excluding ortho intramolecular Hbond substituents is 1. The molecule has 1 aliphatic rings. The fourth-order valence-corrected chi connectivity index (χ4v) is 5.52. The standard InChI is InChI=1S/C31H35N3O2/c1-22(2)32-31(36)30-29(28(23-10-4-3-5-11-23)24-14-16-25(35)17-15-24)26-12-6-7-13-27(26)34(30)21-20-33-18-8-9-19-33/h3-7,10-17,22,28,35H,8-9,18-21H2,1-2H3,(H,32,36). The number of likely N-dealkylation sites (tertiary alicyclic amines) is 1. The van der Waals surface area contributed by atoms with Crippen LogP contribution in [0.3, 0.4) is 0 Å². The molecule has 1 atom stereocenters. The van der Waals surface area contributed by atoms with Gasteiger partial charge in [-0.1, -0.05) is 60.7 Å². The van der Waals surface area contributed by atoms with Crippen molar-refractivity contribution >= 4 is 16.8 Å². The summed E-state index contributed by atoms with van der Waals surface area (Å²) in [7, 11) is 0. The summed E-state index contributed by atoms with van der Waals surface area (Å²) >= 11 is 0. The van der Waals surface area contributed by atoms with E-state index >= 15 is 0 Å². The zero-order chi connectivity index (χ0) is 25.1. The summed E-state index contributed by atoms with van der Waals surface area (Å²) < 4.78 is 2.23. The summed E-state index contributed by atoms with van der Waals surface area (Å²) in [5.41, 5.74) is 4.98. The summed E-state index contributed by atoms with van der Waals surface area (Å²) in [6, 6.07) is 26.1. The minimum atomic E-state index is -0.155. The van der Waals surface area contributed by atoms with E-state index in [9.17, 15) is 9.90 Å². The van der Waals surface area contributed by atoms with E-state index in [0.29, 0.717) is 0 Å². The van der Waals surface area contributed by atoms with Crippen molar-refractivity contribution in [3.8, 4) is 5.75 Å². The van der Waals surface area contributed by atoms with Crippen LogP contribution in [0, 0.1) is 0 Å². The van der Waals surface area contributed by atoms with Gasteiger partial charge in [0.05, 0.1) is 0 Å². The minimum absolute atomic E-state index is 0.0271. The topological polar surface area (TPSA) is 57.5 Å². The van der Waals surface area contributed by atoms with E-state index in [4.69, 9.17) is 0 Å². The normalized spacial score (nSPS) is 15.0. The Kier molecular flexibility index (Phi) is 7.10. The highest BCUT2D eigenvalue weighted by Gasteiger charge is 2.30. The van der Waals surface area contributed by atoms with Crippen molar-refractivity contribution in [1.29, 1.82) is 0 Å². The number of amides is 1. The van der Waals surface area contributed by atoms with Gasteiger partial charge < -0.3 is 19.9 Å². The van der Waals surface area contributed by atoms with Gasteiger partial charge in [-0.05, 0) is 69.1 Å². The largest absolute Gasteiger partial charge is 0.508 e. The Bertz CT molecular complexity index is 1320. The lowest BCUT2D eigenvalue weighted by atomic mass is 9.83. The van der Waals surface area contributed by atoms with Gasteiger partial charge in [0.25, 0.3) is 5.91 Å². The Balaban J connectivity index is 1.74. The van der Waals surface area contributed by atoms with Crippen molar-refractivity contribution in [2.45, 2.75) is 45.2 Å². The van der Waals surface area contributed by atoms with Crippen LogP contribution in [0.5, 0.6) is 5.75 Å². The third-order valence-electron chi connectivity index (χ3n) is 7.13. The molecule has 186 valence electrons. The lowest BCUT2D eigenvalue weighted by Gasteiger charge is -2.22. The molecular formula is C31H35N3O2. The van der Waals surface area contributed by atoms with Crippen LogP contribution in [-0.4, -0.2) is 46.2 Å². The Labute approximate surface area is 213 Å². The average molecular weight is 482 g/mol. The number of hydrogen-bond acceptors (Lipinski definition) is 3. The molecule has 1 unspecified atom stereocenters. The molecule has 0 saturated carbocycles. The van der Waals surface area contributed by atoms with Crippen LogP contribution in [0.15, 0.2) is 78.9 Å². The van der Waals surface area contributed by atoms with Gasteiger partial charge >= 0.3 is 0 Å². The highest BCUT2D eigenvalue weighted by molar-refractivity contribution is 6.03. The van der Waals surface area contributed by atoms with Gasteiger partial charge in [0.15, 0.2) is 0 Å². The molecule has 0 radical (unpaired) electrons. The summed E-state index contributed by atoms with van der Waals surface area (Å²) in [5, 5.41) is 14.3. The molecule has 1 fully saturated rings. The van der Waals surface area contributed by atoms with E-state index in [1.807, 2.05) is 44.2 Å². The second-order valence-corrected chi connectivity index (χ2v) is 10.0. The maximum Gasteiger partial charge on any atom is 0.268 e. The SMILES string of the molecule is CC(C)NC(=O)c1c(C(c2ccccc2)c2ccc(O)cc2)c2ccccc2n1CCN1CCCC1. The van der Waals surface area contributed by atoms with Gasteiger partial charge in [0.1, 0.15) is 11.4 Å². The van der Waals surface area contributed by atoms with Crippen molar-refractivity contribution in [2.24, 2.45) is 0 Å². The van der Waals surface area contributed by atoms with Crippen molar-refractivity contribution in [1.82, 2.24) is 14.8 Å². The molecule has 1 aromatic heterocycles. The first-order chi connectivity index (χ1) is 17.5. The molecule has 5 nitrogen and oxygen atoms in total. The van der Waals surface area contributed by atoms with E-state index in [2.05, 4.69) is 51.2 Å². The van der Waals surface area contributed by atoms with Gasteiger partial charge in [-0.3, -0.25) is 4.79 Å². The summed E-state index contributed by atoms with van der Waals surface area (Å²) in [6.07, 6.45) is 2.49. The maximum absolute atomic E-state index is 13.9. The molecule has 2 heterocycles. The number of phenols is 1. The number of fused-ring (bicyclic) bond motifs is 1. The zero-order valence-corrected chi connectivity index (χ0v) is 21.2. The quantitative estimate of drug-likeness (QED) is 0.336. The van der Waals surface area contributed by atoms with Crippen LogP contribution in [0.1, 0.15) is 59.8 Å². The van der Waals surface area contributed by atoms with Crippen molar-refractivity contribution in [3.05, 3.63) is 101 Å². The van der Waals surface area contributed by atoms with Crippen LogP contribution in [-0.2, 0) is 6.54 Å². The van der Waals surface area contributed by atoms with Crippen LogP contribution < -0.4 is 5.32 Å². The third kappa shape index (κ3) is 4.89. The Morgan fingerprint density at radius 1 is 0.861 bits per heavy atom. The molecule has 0 aliphatic carbocycles. The first kappa shape index (κ1) is 24.1. The van der Waals surface area contributed by atoms with Gasteiger partial charge in [0, 0.05) is 41.5 Å². The van der Waals surface area contributed by atoms with Crippen LogP contribution in [0.4, 0.5) is 0 Å². The molecule has 36 heavy (non-hydrogen) atoms. The lowest BCUT2D eigenvalue weighted by Crippen LogP contribution is -2.34. The molecular weight excluding hydrogens is 446 g/mol. The van der Waals surface area contributed by atoms with Crippen LogP contribution in [0.2, 0.25) is 0 Å². The summed E-state index contributed by atoms with van der Waals surface area (Å²) in [5.74, 6) is 0.0337. The van der Waals surface area contributed by atoms with Crippen LogP contribution in [0.25, 0.3) is 10.9 Å². The fraction of sp³-hybridized carbons (Fsp3) is 0.323. The van der Waals surface area contributed by atoms with E-state index in [1.165, 1.54) is 12.8 Å². The number of carbonyl (C=O) groups excluding carboxylic acids is 1. The van der Waals surface area contributed by atoms with Crippen molar-refractivity contribution in [3.63, 3.8) is 0 Å². The maximum atomic E-state index is 13.9. The van der Waals surface area contributed by atoms with E-state index in [-0.39, 0.29) is 23.6 Å². The monoisotopic (exact) mass is 481 g/mol. The highest BCUT2D eigenvalue weighted by atomic mass is 16.3. The number of aromatic nitrogens is 1. The van der Waals surface area contributed by atoms with E-state index < -0.39 is 0 Å². The molecule has 4 aromatic rings. The third-order valence-corrected chi connectivity index (χ3v) is 7.13. The molecule has 3 aromatic carbocycles. The molecule has 1 aliphatic heterocycles. The zero-order valence-electron chi connectivity index (χ0n) is 21.2. The summed E-state index contributed by atoms with van der Waals surface area (Å²) in [6.45, 7) is 7.94. The van der Waals surface area contributed by atoms with Gasteiger partial charge in [0.2, 0.25) is 0 Å². The smallest absolute Gasteiger partial charge is 0.268 e. The first-order valence-electron chi connectivity index (χ1n) is 13.0. The Hall–Kier alpha value is -3.57. The molecule has 1 amide bonds. The molecule has 5 rings (SSSR count). The van der Waals surface area contributed by atoms with Gasteiger partial charge in [-0.2, -0.15) is 0 Å². The van der Waals surface area contributed by atoms with Crippen molar-refractivity contribution in [2.75, 3.05) is 19.6 Å². The van der Waals surface area contributed by atoms with Crippen molar-refractivity contribution < 1.29 is 9.90 Å². The molecule has 1 saturated heterocycles. The van der Waals surface area contributed by atoms with Gasteiger partial charge in [-0.25, -0.2) is 0 Å². The van der Waals surface area contributed by atoms with Gasteiger partial charge in [-0.15, -0.1) is 0 Å². The van der Waals surface area contributed by atoms with Crippen LogP contribution >= 0.6 is 0 Å². The fourth-order valence-electron chi connectivity index (χ4n) is 5.52.